The number of rotatable bonds is 2. The van der Waals surface area contributed by atoms with E-state index in [4.69, 9.17) is 21.9 Å². The number of hydrogen-bond donors (Lipinski definition) is 1. The van der Waals surface area contributed by atoms with Crippen molar-refractivity contribution in [3.63, 3.8) is 0 Å². The van der Waals surface area contributed by atoms with E-state index in [1.165, 1.54) is 0 Å². The molecule has 2 heterocycles. The number of aryl methyl sites for hydroxylation is 1. The lowest BCUT2D eigenvalue weighted by atomic mass is 10.0. The van der Waals surface area contributed by atoms with Crippen LogP contribution in [0.3, 0.4) is 0 Å². The van der Waals surface area contributed by atoms with Gasteiger partial charge in [0.1, 0.15) is 11.4 Å². The van der Waals surface area contributed by atoms with Crippen LogP contribution in [-0.2, 0) is 7.05 Å². The average molecular weight is 275 g/mol. The summed E-state index contributed by atoms with van der Waals surface area (Å²) in [6.45, 7) is 0. The maximum atomic E-state index is 6.00. The third-order valence-corrected chi connectivity index (χ3v) is 3.01. The van der Waals surface area contributed by atoms with Crippen LogP contribution in [0.4, 0.5) is 5.88 Å². The van der Waals surface area contributed by atoms with Gasteiger partial charge in [-0.25, -0.2) is 4.98 Å². The minimum Gasteiger partial charge on any atom is -0.367 e. The van der Waals surface area contributed by atoms with E-state index in [-0.39, 0.29) is 5.88 Å². The molecule has 0 atom stereocenters. The van der Waals surface area contributed by atoms with Gasteiger partial charge in [-0.3, -0.25) is 0 Å². The lowest BCUT2D eigenvalue weighted by Gasteiger charge is -2.01. The number of halogens is 1. The maximum absolute atomic E-state index is 6.00. The third-order valence-electron chi connectivity index (χ3n) is 2.78. The molecule has 0 amide bonds. The van der Waals surface area contributed by atoms with Gasteiger partial charge in [0, 0.05) is 18.3 Å². The second kappa shape index (κ2) is 4.44. The Balaban J connectivity index is 2.19. The molecule has 2 N–H and O–H groups in total. The average Bonchev–Trinajstić information content (AvgIpc) is 2.95. The van der Waals surface area contributed by atoms with Crippen molar-refractivity contribution < 1.29 is 4.52 Å². The van der Waals surface area contributed by atoms with Gasteiger partial charge in [0.25, 0.3) is 0 Å². The Bertz CT molecular complexity index is 732. The van der Waals surface area contributed by atoms with Crippen LogP contribution >= 0.6 is 11.6 Å². The van der Waals surface area contributed by atoms with E-state index in [9.17, 15) is 0 Å². The van der Waals surface area contributed by atoms with E-state index in [0.29, 0.717) is 22.0 Å². The summed E-state index contributed by atoms with van der Waals surface area (Å²) in [5, 5.41) is 4.62. The first-order valence-corrected chi connectivity index (χ1v) is 6.02. The largest absolute Gasteiger partial charge is 0.367 e. The minimum atomic E-state index is 0.253. The summed E-state index contributed by atoms with van der Waals surface area (Å²) in [7, 11) is 1.89. The first kappa shape index (κ1) is 11.8. The fourth-order valence-electron chi connectivity index (χ4n) is 1.94. The molecule has 6 heteroatoms. The molecule has 3 aromatic rings. The zero-order valence-electron chi connectivity index (χ0n) is 10.2. The fourth-order valence-corrected chi connectivity index (χ4v) is 2.13. The molecule has 0 aliphatic heterocycles. The molecule has 0 aliphatic rings. The Morgan fingerprint density at radius 2 is 2.21 bits per heavy atom. The summed E-state index contributed by atoms with van der Waals surface area (Å²) in [5.41, 5.74) is 8.74. The summed E-state index contributed by atoms with van der Waals surface area (Å²) in [6, 6.07) is 7.37. The number of hydrogen-bond acceptors (Lipinski definition) is 4. The van der Waals surface area contributed by atoms with Crippen LogP contribution in [-0.4, -0.2) is 14.7 Å². The Labute approximate surface area is 114 Å². The van der Waals surface area contributed by atoms with Gasteiger partial charge < -0.3 is 14.8 Å². The molecule has 0 spiro atoms. The van der Waals surface area contributed by atoms with Crippen LogP contribution in [0.2, 0.25) is 5.02 Å². The van der Waals surface area contributed by atoms with E-state index in [1.807, 2.05) is 36.0 Å². The molecule has 96 valence electrons. The molecule has 0 unspecified atom stereocenters. The standard InChI is InChI=1S/C13H11ClN4O/c1-18-6-10(16-7-18)12-11(13(15)19-17-12)8-3-2-4-9(14)5-8/h2-7H,15H2,1H3. The summed E-state index contributed by atoms with van der Waals surface area (Å²) in [4.78, 5) is 4.26. The van der Waals surface area contributed by atoms with Crippen molar-refractivity contribution in [3.05, 3.63) is 41.8 Å². The van der Waals surface area contributed by atoms with Crippen molar-refractivity contribution in [3.8, 4) is 22.5 Å². The first-order valence-electron chi connectivity index (χ1n) is 5.64. The SMILES string of the molecule is Cn1cnc(-c2noc(N)c2-c2cccc(Cl)c2)c1. The molecule has 0 radical (unpaired) electrons. The minimum absolute atomic E-state index is 0.253. The molecule has 0 bridgehead atoms. The van der Waals surface area contributed by atoms with Gasteiger partial charge in [-0.15, -0.1) is 0 Å². The van der Waals surface area contributed by atoms with E-state index in [2.05, 4.69) is 10.1 Å². The van der Waals surface area contributed by atoms with Crippen molar-refractivity contribution in [2.75, 3.05) is 5.73 Å². The second-order valence-corrected chi connectivity index (χ2v) is 4.64. The van der Waals surface area contributed by atoms with E-state index < -0.39 is 0 Å². The molecule has 0 aliphatic carbocycles. The van der Waals surface area contributed by atoms with Gasteiger partial charge in [-0.1, -0.05) is 28.9 Å². The van der Waals surface area contributed by atoms with Crippen LogP contribution in [0.5, 0.6) is 0 Å². The van der Waals surface area contributed by atoms with E-state index >= 15 is 0 Å². The monoisotopic (exact) mass is 274 g/mol. The second-order valence-electron chi connectivity index (χ2n) is 4.21. The molecular formula is C13H11ClN4O. The summed E-state index contributed by atoms with van der Waals surface area (Å²) >= 11 is 6.00. The van der Waals surface area contributed by atoms with Gasteiger partial charge in [-0.05, 0) is 17.7 Å². The third kappa shape index (κ3) is 2.08. The highest BCUT2D eigenvalue weighted by Gasteiger charge is 2.19. The lowest BCUT2D eigenvalue weighted by molar-refractivity contribution is 0.439. The summed E-state index contributed by atoms with van der Waals surface area (Å²) in [5.74, 6) is 0.253. The molecule has 0 fully saturated rings. The highest BCUT2D eigenvalue weighted by molar-refractivity contribution is 6.30. The van der Waals surface area contributed by atoms with Crippen LogP contribution in [0.25, 0.3) is 22.5 Å². The van der Waals surface area contributed by atoms with Crippen molar-refractivity contribution in [1.29, 1.82) is 0 Å². The van der Waals surface area contributed by atoms with Gasteiger partial charge in [0.15, 0.2) is 0 Å². The fraction of sp³-hybridized carbons (Fsp3) is 0.0769. The van der Waals surface area contributed by atoms with E-state index in [1.54, 1.807) is 12.4 Å². The Hall–Kier alpha value is -2.27. The molecule has 0 saturated heterocycles. The van der Waals surface area contributed by atoms with Crippen molar-refractivity contribution in [2.24, 2.45) is 7.05 Å². The van der Waals surface area contributed by atoms with Crippen LogP contribution in [0.1, 0.15) is 0 Å². The van der Waals surface area contributed by atoms with Gasteiger partial charge in [0.05, 0.1) is 11.9 Å². The molecule has 2 aromatic heterocycles. The number of aromatic nitrogens is 3. The van der Waals surface area contributed by atoms with Gasteiger partial charge in [0.2, 0.25) is 5.88 Å². The molecular weight excluding hydrogens is 264 g/mol. The maximum Gasteiger partial charge on any atom is 0.230 e. The molecule has 5 nitrogen and oxygen atoms in total. The summed E-state index contributed by atoms with van der Waals surface area (Å²) < 4.78 is 6.92. The Morgan fingerprint density at radius 3 is 2.89 bits per heavy atom. The highest BCUT2D eigenvalue weighted by atomic mass is 35.5. The number of benzene rings is 1. The predicted octanol–water partition coefficient (Wildman–Crippen LogP) is 2.98. The number of anilines is 1. The Morgan fingerprint density at radius 1 is 1.37 bits per heavy atom. The quantitative estimate of drug-likeness (QED) is 0.780. The zero-order valence-corrected chi connectivity index (χ0v) is 10.9. The van der Waals surface area contributed by atoms with Crippen molar-refractivity contribution in [1.82, 2.24) is 14.7 Å². The highest BCUT2D eigenvalue weighted by Crippen LogP contribution is 2.36. The normalized spacial score (nSPS) is 10.8. The number of imidazole rings is 1. The number of nitrogen functional groups attached to an aromatic ring is 1. The van der Waals surface area contributed by atoms with Crippen molar-refractivity contribution in [2.45, 2.75) is 0 Å². The smallest absolute Gasteiger partial charge is 0.230 e. The topological polar surface area (TPSA) is 69.9 Å². The van der Waals surface area contributed by atoms with Crippen molar-refractivity contribution >= 4 is 17.5 Å². The molecule has 3 rings (SSSR count). The molecule has 0 saturated carbocycles. The van der Waals surface area contributed by atoms with E-state index in [0.717, 1.165) is 5.56 Å². The van der Waals surface area contributed by atoms with Crippen LogP contribution < -0.4 is 5.73 Å². The lowest BCUT2D eigenvalue weighted by Crippen LogP contribution is -1.88. The summed E-state index contributed by atoms with van der Waals surface area (Å²) in [6.07, 6.45) is 3.55. The molecule has 1 aromatic carbocycles. The zero-order chi connectivity index (χ0) is 13.4. The Kier molecular flexibility index (Phi) is 2.76. The van der Waals surface area contributed by atoms with Gasteiger partial charge >= 0.3 is 0 Å². The predicted molar refractivity (Wildman–Crippen MR) is 73.6 cm³/mol. The number of nitrogens with two attached hydrogens (primary N) is 1. The first-order chi connectivity index (χ1) is 9.15. The number of nitrogens with zero attached hydrogens (tertiary/aromatic N) is 3. The van der Waals surface area contributed by atoms with Crippen LogP contribution in [0, 0.1) is 0 Å². The molecule has 19 heavy (non-hydrogen) atoms. The van der Waals surface area contributed by atoms with Gasteiger partial charge in [-0.2, -0.15) is 0 Å². The van der Waals surface area contributed by atoms with Crippen LogP contribution in [0.15, 0.2) is 41.3 Å².